The lowest BCUT2D eigenvalue weighted by Crippen LogP contribution is -2.42. The Balaban J connectivity index is 1.40. The number of amides is 1. The number of ether oxygens (including phenoxy) is 2. The molecule has 0 radical (unpaired) electrons. The van der Waals surface area contributed by atoms with Gasteiger partial charge in [-0.15, -0.1) is 11.3 Å². The molecule has 1 amide bonds. The van der Waals surface area contributed by atoms with Gasteiger partial charge in [0, 0.05) is 12.0 Å². The van der Waals surface area contributed by atoms with Gasteiger partial charge in [-0.2, -0.15) is 0 Å². The number of benzene rings is 1. The molecule has 0 spiro atoms. The number of carbonyl (C=O) groups excluding carboxylic acids is 1. The fourth-order valence-corrected chi connectivity index (χ4v) is 3.87. The van der Waals surface area contributed by atoms with Crippen LogP contribution >= 0.6 is 11.3 Å². The van der Waals surface area contributed by atoms with Crippen LogP contribution in [0.2, 0.25) is 0 Å². The number of para-hydroxylation sites is 1. The lowest BCUT2D eigenvalue weighted by atomic mass is 10.0. The molecule has 2 aliphatic rings. The van der Waals surface area contributed by atoms with Crippen molar-refractivity contribution in [3.8, 4) is 5.75 Å². The Kier molecular flexibility index (Phi) is 4.01. The second-order valence-corrected chi connectivity index (χ2v) is 6.76. The van der Waals surface area contributed by atoms with Crippen molar-refractivity contribution >= 4 is 17.2 Å². The third-order valence-electron chi connectivity index (χ3n) is 4.17. The highest BCUT2D eigenvalue weighted by Crippen LogP contribution is 2.30. The minimum absolute atomic E-state index is 0.0229. The van der Waals surface area contributed by atoms with E-state index in [2.05, 4.69) is 10.3 Å². The van der Waals surface area contributed by atoms with Gasteiger partial charge in [0.15, 0.2) is 0 Å². The van der Waals surface area contributed by atoms with E-state index in [-0.39, 0.29) is 18.1 Å². The summed E-state index contributed by atoms with van der Waals surface area (Å²) in [6, 6.07) is 7.92. The van der Waals surface area contributed by atoms with Crippen molar-refractivity contribution in [3.05, 3.63) is 45.9 Å². The number of carbonyl (C=O) groups is 1. The van der Waals surface area contributed by atoms with Gasteiger partial charge < -0.3 is 14.8 Å². The molecule has 2 atom stereocenters. The minimum atomic E-state index is -0.140. The third kappa shape index (κ3) is 3.09. The summed E-state index contributed by atoms with van der Waals surface area (Å²) in [5.41, 5.74) is 1.60. The van der Waals surface area contributed by atoms with Crippen molar-refractivity contribution in [3.63, 3.8) is 0 Å². The van der Waals surface area contributed by atoms with Crippen molar-refractivity contribution in [1.29, 1.82) is 0 Å². The van der Waals surface area contributed by atoms with Gasteiger partial charge >= 0.3 is 0 Å². The molecule has 1 fully saturated rings. The molecule has 0 bridgehead atoms. The van der Waals surface area contributed by atoms with Crippen LogP contribution in [-0.4, -0.2) is 30.1 Å². The van der Waals surface area contributed by atoms with Crippen LogP contribution in [0.25, 0.3) is 0 Å². The highest BCUT2D eigenvalue weighted by Gasteiger charge is 2.25. The topological polar surface area (TPSA) is 60.5 Å². The van der Waals surface area contributed by atoms with Gasteiger partial charge in [0.05, 0.1) is 6.04 Å². The van der Waals surface area contributed by atoms with Crippen LogP contribution in [0.3, 0.4) is 0 Å². The molecule has 0 aliphatic carbocycles. The van der Waals surface area contributed by atoms with Crippen LogP contribution < -0.4 is 10.1 Å². The smallest absolute Gasteiger partial charge is 0.271 e. The zero-order chi connectivity index (χ0) is 15.6. The van der Waals surface area contributed by atoms with Crippen molar-refractivity contribution in [2.24, 2.45) is 0 Å². The first kappa shape index (κ1) is 14.7. The summed E-state index contributed by atoms with van der Waals surface area (Å²) in [5, 5.41) is 5.73. The van der Waals surface area contributed by atoms with Gasteiger partial charge in [-0.25, -0.2) is 4.98 Å². The summed E-state index contributed by atoms with van der Waals surface area (Å²) in [6.07, 6.45) is 2.89. The first-order valence-electron chi connectivity index (χ1n) is 7.88. The quantitative estimate of drug-likeness (QED) is 0.940. The molecule has 4 rings (SSSR count). The summed E-state index contributed by atoms with van der Waals surface area (Å²) in [4.78, 5) is 16.8. The van der Waals surface area contributed by atoms with E-state index in [1.54, 1.807) is 0 Å². The van der Waals surface area contributed by atoms with Crippen molar-refractivity contribution in [2.75, 3.05) is 13.2 Å². The van der Waals surface area contributed by atoms with Gasteiger partial charge in [-0.3, -0.25) is 4.79 Å². The molecule has 1 N–H and O–H groups in total. The number of nitrogens with zero attached hydrogens (tertiary/aromatic N) is 1. The van der Waals surface area contributed by atoms with E-state index in [1.165, 1.54) is 11.3 Å². The predicted octanol–water partition coefficient (Wildman–Crippen LogP) is 2.73. The van der Waals surface area contributed by atoms with Crippen LogP contribution in [-0.2, 0) is 11.2 Å². The third-order valence-corrected chi connectivity index (χ3v) is 5.11. The summed E-state index contributed by atoms with van der Waals surface area (Å²) in [5.74, 6) is 0.769. The molecule has 0 saturated carbocycles. The van der Waals surface area contributed by atoms with Crippen molar-refractivity contribution in [2.45, 2.75) is 31.4 Å². The highest BCUT2D eigenvalue weighted by atomic mass is 32.1. The number of hydrogen-bond acceptors (Lipinski definition) is 5. The molecular weight excluding hydrogens is 312 g/mol. The first-order valence-corrected chi connectivity index (χ1v) is 8.76. The zero-order valence-corrected chi connectivity index (χ0v) is 13.5. The minimum Gasteiger partial charge on any atom is -0.491 e. The van der Waals surface area contributed by atoms with E-state index in [1.807, 2.05) is 29.6 Å². The number of fused-ring (bicyclic) bond motifs is 1. The number of nitrogens with one attached hydrogen (secondary N) is 1. The normalized spacial score (nSPS) is 23.1. The molecule has 3 heterocycles. The second kappa shape index (κ2) is 6.29. The number of hydrogen-bond donors (Lipinski definition) is 1. The molecule has 2 aromatic rings. The van der Waals surface area contributed by atoms with Crippen LogP contribution in [0.4, 0.5) is 0 Å². The van der Waals surface area contributed by atoms with Gasteiger partial charge in [-0.05, 0) is 30.9 Å². The van der Waals surface area contributed by atoms with Gasteiger partial charge in [-0.1, -0.05) is 18.2 Å². The van der Waals surface area contributed by atoms with Crippen molar-refractivity contribution in [1.82, 2.24) is 10.3 Å². The fraction of sp³-hybridized carbons (Fsp3) is 0.412. The summed E-state index contributed by atoms with van der Waals surface area (Å²) in [7, 11) is 0. The monoisotopic (exact) mass is 330 g/mol. The Labute approximate surface area is 138 Å². The molecule has 6 heteroatoms. The SMILES string of the molecule is O=C(NC1COc2ccccc2C1)c1csc(C2CCCO2)n1. The molecule has 120 valence electrons. The molecule has 1 aromatic carbocycles. The largest absolute Gasteiger partial charge is 0.491 e. The Bertz CT molecular complexity index is 709. The molecule has 5 nitrogen and oxygen atoms in total. The summed E-state index contributed by atoms with van der Waals surface area (Å²) in [6.45, 7) is 1.27. The molecule has 1 aromatic heterocycles. The lowest BCUT2D eigenvalue weighted by Gasteiger charge is -2.25. The van der Waals surface area contributed by atoms with Crippen LogP contribution in [0, 0.1) is 0 Å². The molecule has 23 heavy (non-hydrogen) atoms. The van der Waals surface area contributed by atoms with Crippen molar-refractivity contribution < 1.29 is 14.3 Å². The zero-order valence-electron chi connectivity index (χ0n) is 12.7. The van der Waals surface area contributed by atoms with Crippen LogP contribution in [0.1, 0.15) is 40.0 Å². The average molecular weight is 330 g/mol. The fourth-order valence-electron chi connectivity index (χ4n) is 2.99. The van der Waals surface area contributed by atoms with E-state index in [0.29, 0.717) is 12.3 Å². The van der Waals surface area contributed by atoms with E-state index < -0.39 is 0 Å². The van der Waals surface area contributed by atoms with E-state index in [0.717, 1.165) is 42.2 Å². The van der Waals surface area contributed by atoms with E-state index in [4.69, 9.17) is 9.47 Å². The standard InChI is InChI=1S/C17H18N2O3S/c20-16(13-10-23-17(19-13)15-6-3-7-21-15)18-12-8-11-4-1-2-5-14(11)22-9-12/h1-2,4-5,10,12,15H,3,6-9H2,(H,18,20). The molecule has 2 unspecified atom stereocenters. The summed E-state index contributed by atoms with van der Waals surface area (Å²) >= 11 is 1.50. The Morgan fingerprint density at radius 3 is 3.13 bits per heavy atom. The predicted molar refractivity (Wildman–Crippen MR) is 86.9 cm³/mol. The van der Waals surface area contributed by atoms with Gasteiger partial charge in [0.1, 0.15) is 29.2 Å². The number of aromatic nitrogens is 1. The lowest BCUT2D eigenvalue weighted by molar-refractivity contribution is 0.0908. The Morgan fingerprint density at radius 2 is 2.26 bits per heavy atom. The molecule has 1 saturated heterocycles. The molecular formula is C17H18N2O3S. The maximum atomic E-state index is 12.4. The number of rotatable bonds is 3. The second-order valence-electron chi connectivity index (χ2n) is 5.87. The number of thiazole rings is 1. The first-order chi connectivity index (χ1) is 11.3. The summed E-state index contributed by atoms with van der Waals surface area (Å²) < 4.78 is 11.3. The Morgan fingerprint density at radius 1 is 1.35 bits per heavy atom. The van der Waals surface area contributed by atoms with Gasteiger partial charge in [0.2, 0.25) is 0 Å². The average Bonchev–Trinajstić information content (AvgIpc) is 3.26. The maximum absolute atomic E-state index is 12.4. The highest BCUT2D eigenvalue weighted by molar-refractivity contribution is 7.09. The van der Waals surface area contributed by atoms with Crippen LogP contribution in [0.15, 0.2) is 29.6 Å². The Hall–Kier alpha value is -1.92. The van der Waals surface area contributed by atoms with Crippen LogP contribution in [0.5, 0.6) is 5.75 Å². The molecule has 2 aliphatic heterocycles. The van der Waals surface area contributed by atoms with E-state index >= 15 is 0 Å². The van der Waals surface area contributed by atoms with E-state index in [9.17, 15) is 4.79 Å². The van der Waals surface area contributed by atoms with Gasteiger partial charge in [0.25, 0.3) is 5.91 Å². The maximum Gasteiger partial charge on any atom is 0.271 e.